The number of amides is 2. The molecule has 0 aliphatic carbocycles. The molecule has 4 aromatic rings. The summed E-state index contributed by atoms with van der Waals surface area (Å²) >= 11 is 1.60. The molecular formula is C35H39F3N6O3S. The van der Waals surface area contributed by atoms with Crippen LogP contribution in [0, 0.1) is 5.92 Å². The summed E-state index contributed by atoms with van der Waals surface area (Å²) in [7, 11) is 1.65. The van der Waals surface area contributed by atoms with Gasteiger partial charge in [0.05, 0.1) is 12.8 Å². The zero-order valence-corrected chi connectivity index (χ0v) is 28.1. The van der Waals surface area contributed by atoms with Crippen molar-refractivity contribution in [1.82, 2.24) is 20.1 Å². The summed E-state index contributed by atoms with van der Waals surface area (Å²) in [6.07, 6.45) is -0.612. The first kappa shape index (κ1) is 34.8. The number of hydrogen-bond acceptors (Lipinski definition) is 6. The van der Waals surface area contributed by atoms with Crippen LogP contribution < -0.4 is 19.7 Å². The van der Waals surface area contributed by atoms with Gasteiger partial charge in [-0.2, -0.15) is 4.99 Å². The van der Waals surface area contributed by atoms with Gasteiger partial charge in [0.1, 0.15) is 17.8 Å². The van der Waals surface area contributed by atoms with Crippen LogP contribution in [0.5, 0.6) is 11.5 Å². The van der Waals surface area contributed by atoms with Gasteiger partial charge in [-0.1, -0.05) is 62.9 Å². The number of benzene rings is 3. The molecule has 1 unspecified atom stereocenters. The topological polar surface area (TPSA) is 93.9 Å². The Labute approximate surface area is 282 Å². The van der Waals surface area contributed by atoms with E-state index in [-0.39, 0.29) is 11.8 Å². The Morgan fingerprint density at radius 2 is 1.77 bits per heavy atom. The molecule has 5 rings (SSSR count). The van der Waals surface area contributed by atoms with Gasteiger partial charge in [-0.25, -0.2) is 14.5 Å². The molecule has 1 atom stereocenters. The number of rotatable bonds is 11. The minimum absolute atomic E-state index is 0.302. The molecule has 0 saturated carbocycles. The number of carbonyl (C=O) groups excluding carboxylic acids is 1. The van der Waals surface area contributed by atoms with Crippen LogP contribution in [0.25, 0.3) is 17.1 Å². The number of aromatic nitrogens is 3. The van der Waals surface area contributed by atoms with Gasteiger partial charge in [-0.15, -0.1) is 18.3 Å². The second-order valence-corrected chi connectivity index (χ2v) is 13.0. The molecule has 2 amide bonds. The highest BCUT2D eigenvalue weighted by molar-refractivity contribution is 8.14. The van der Waals surface area contributed by atoms with E-state index < -0.39 is 6.36 Å². The van der Waals surface area contributed by atoms with Gasteiger partial charge in [-0.05, 0) is 72.6 Å². The molecule has 1 fully saturated rings. The predicted molar refractivity (Wildman–Crippen MR) is 183 cm³/mol. The molecule has 0 radical (unpaired) electrons. The number of amidine groups is 1. The molecule has 1 N–H and O–H groups in total. The predicted octanol–water partition coefficient (Wildman–Crippen LogP) is 8.24. The van der Waals surface area contributed by atoms with Crippen LogP contribution in [0.3, 0.4) is 0 Å². The zero-order chi connectivity index (χ0) is 34.3. The van der Waals surface area contributed by atoms with E-state index in [2.05, 4.69) is 56.9 Å². The Balaban J connectivity index is 1.12. The summed E-state index contributed by atoms with van der Waals surface area (Å²) in [6, 6.07) is 19.1. The number of nitrogens with one attached hydrogen (secondary N) is 1. The van der Waals surface area contributed by atoms with Crippen molar-refractivity contribution in [2.24, 2.45) is 10.9 Å². The van der Waals surface area contributed by atoms with Gasteiger partial charge in [0.25, 0.3) is 0 Å². The van der Waals surface area contributed by atoms with Crippen molar-refractivity contribution in [3.63, 3.8) is 0 Å². The Hall–Kier alpha value is -4.52. The highest BCUT2D eigenvalue weighted by Crippen LogP contribution is 2.35. The maximum absolute atomic E-state index is 12.9. The third-order valence-electron chi connectivity index (χ3n) is 7.87. The first-order chi connectivity index (χ1) is 23.0. The first-order valence-electron chi connectivity index (χ1n) is 15.8. The average Bonchev–Trinajstić information content (AvgIpc) is 3.55. The Kier molecular flexibility index (Phi) is 11.3. The van der Waals surface area contributed by atoms with E-state index in [4.69, 9.17) is 4.74 Å². The van der Waals surface area contributed by atoms with Crippen LogP contribution in [-0.2, 0) is 6.42 Å². The van der Waals surface area contributed by atoms with Crippen molar-refractivity contribution in [3.05, 3.63) is 84.2 Å². The highest BCUT2D eigenvalue weighted by Gasteiger charge is 2.31. The molecule has 0 bridgehead atoms. The van der Waals surface area contributed by atoms with Crippen LogP contribution >= 0.6 is 11.8 Å². The lowest BCUT2D eigenvalue weighted by Gasteiger charge is -2.32. The lowest BCUT2D eigenvalue weighted by molar-refractivity contribution is -0.274. The number of ether oxygens (including phenoxy) is 2. The van der Waals surface area contributed by atoms with E-state index in [1.54, 1.807) is 18.9 Å². The highest BCUT2D eigenvalue weighted by atomic mass is 32.2. The summed E-state index contributed by atoms with van der Waals surface area (Å²) in [6.45, 7) is 7.76. The second kappa shape index (κ2) is 15.6. The Morgan fingerprint density at radius 3 is 2.46 bits per heavy atom. The van der Waals surface area contributed by atoms with E-state index >= 15 is 0 Å². The molecule has 3 aromatic carbocycles. The quantitative estimate of drug-likeness (QED) is 0.171. The monoisotopic (exact) mass is 680 g/mol. The molecule has 2 heterocycles. The van der Waals surface area contributed by atoms with Crippen LogP contribution in [0.4, 0.5) is 23.7 Å². The summed E-state index contributed by atoms with van der Waals surface area (Å²) in [5, 5.41) is 8.14. The van der Waals surface area contributed by atoms with Crippen molar-refractivity contribution >= 4 is 28.6 Å². The molecule has 1 aromatic heterocycles. The van der Waals surface area contributed by atoms with Gasteiger partial charge >= 0.3 is 12.4 Å². The summed E-state index contributed by atoms with van der Waals surface area (Å²) < 4.78 is 48.2. The van der Waals surface area contributed by atoms with Crippen molar-refractivity contribution in [2.45, 2.75) is 52.3 Å². The molecular weight excluding hydrogens is 641 g/mol. The minimum atomic E-state index is -4.74. The van der Waals surface area contributed by atoms with Crippen molar-refractivity contribution in [3.8, 4) is 28.6 Å². The summed E-state index contributed by atoms with van der Waals surface area (Å²) in [5.41, 5.74) is 4.73. The fourth-order valence-corrected chi connectivity index (χ4v) is 6.36. The van der Waals surface area contributed by atoms with Gasteiger partial charge in [0, 0.05) is 36.2 Å². The summed E-state index contributed by atoms with van der Waals surface area (Å²) in [4.78, 5) is 23.8. The van der Waals surface area contributed by atoms with Crippen molar-refractivity contribution in [2.75, 3.05) is 30.9 Å². The number of halogens is 3. The van der Waals surface area contributed by atoms with Crippen molar-refractivity contribution in [1.29, 1.82) is 0 Å². The number of nitrogens with zero attached hydrogens (tertiary/aromatic N) is 5. The van der Waals surface area contributed by atoms with Crippen LogP contribution in [0.2, 0.25) is 0 Å². The number of anilines is 1. The first-order valence-corrected chi connectivity index (χ1v) is 16.8. The molecule has 1 aliphatic heterocycles. The maximum atomic E-state index is 12.9. The van der Waals surface area contributed by atoms with Crippen LogP contribution in [0.15, 0.2) is 78.0 Å². The fourth-order valence-electron chi connectivity index (χ4n) is 5.41. The number of alkyl halides is 3. The molecule has 9 nitrogen and oxygen atoms in total. The van der Waals surface area contributed by atoms with E-state index in [1.165, 1.54) is 40.8 Å². The minimum Gasteiger partial charge on any atom is -0.497 e. The second-order valence-electron chi connectivity index (χ2n) is 11.9. The average molecular weight is 681 g/mol. The zero-order valence-electron chi connectivity index (χ0n) is 27.3. The number of urea groups is 1. The SMILES string of the molecule is COc1ccc(C(C)C)c(N2CCCSC2=NC(=O)NCCC(C)Cc2ccc(-c3ncn(-c4ccc(OC(F)(F)F)cc4)n3)cc2)c1. The van der Waals surface area contributed by atoms with Crippen LogP contribution in [-0.4, -0.2) is 58.3 Å². The van der Waals surface area contributed by atoms with E-state index in [9.17, 15) is 18.0 Å². The smallest absolute Gasteiger partial charge is 0.497 e. The van der Waals surface area contributed by atoms with E-state index in [0.717, 1.165) is 54.1 Å². The summed E-state index contributed by atoms with van der Waals surface area (Å²) in [5.74, 6) is 2.51. The lowest BCUT2D eigenvalue weighted by atomic mass is 9.97. The van der Waals surface area contributed by atoms with Gasteiger partial charge in [0.15, 0.2) is 11.0 Å². The largest absolute Gasteiger partial charge is 0.573 e. The number of hydrogen-bond donors (Lipinski definition) is 1. The van der Waals surface area contributed by atoms with Crippen LogP contribution in [0.1, 0.15) is 50.7 Å². The molecule has 1 saturated heterocycles. The van der Waals surface area contributed by atoms with E-state index in [0.29, 0.717) is 35.1 Å². The third-order valence-corrected chi connectivity index (χ3v) is 8.93. The van der Waals surface area contributed by atoms with Gasteiger partial charge in [-0.3, -0.25) is 0 Å². The number of carbonyl (C=O) groups is 1. The van der Waals surface area contributed by atoms with Gasteiger partial charge < -0.3 is 19.7 Å². The maximum Gasteiger partial charge on any atom is 0.573 e. The molecule has 254 valence electrons. The number of thioether (sulfide) groups is 1. The fraction of sp³-hybridized carbons (Fsp3) is 0.371. The van der Waals surface area contributed by atoms with Gasteiger partial charge in [0.2, 0.25) is 0 Å². The Morgan fingerprint density at radius 1 is 1.04 bits per heavy atom. The lowest BCUT2D eigenvalue weighted by Crippen LogP contribution is -2.36. The number of methoxy groups -OCH3 is 1. The standard InChI is InChI=1S/C35H39F3N6O3S/c1-23(2)30-15-14-29(46-4)21-31(30)43-18-5-19-48-34(43)41-33(45)39-17-16-24(3)20-25-6-8-26(9-7-25)32-40-22-44(42-32)27-10-12-28(13-11-27)47-35(36,37)38/h6-15,21-24H,5,16-20H2,1-4H3,(H,39,45). The number of aliphatic imine (C=N–C) groups is 1. The molecule has 1 aliphatic rings. The molecule has 0 spiro atoms. The van der Waals surface area contributed by atoms with E-state index in [1.807, 2.05) is 36.4 Å². The third kappa shape index (κ3) is 9.30. The molecule has 13 heteroatoms. The normalized spacial score (nSPS) is 15.1. The molecule has 48 heavy (non-hydrogen) atoms. The van der Waals surface area contributed by atoms with Crippen molar-refractivity contribution < 1.29 is 27.4 Å². The Bertz CT molecular complexity index is 1710.